The Hall–Kier alpha value is -3.84. The van der Waals surface area contributed by atoms with Crippen LogP contribution < -0.4 is 26.0 Å². The summed E-state index contributed by atoms with van der Waals surface area (Å²) >= 11 is 0. The molecule has 4 bridgehead atoms. The van der Waals surface area contributed by atoms with Crippen molar-refractivity contribution in [3.8, 4) is 6.01 Å². The van der Waals surface area contributed by atoms with Gasteiger partial charge in [0.25, 0.3) is 5.91 Å². The molecule has 1 aromatic heterocycles. The highest BCUT2D eigenvalue weighted by molar-refractivity contribution is 5.94. The second-order valence-electron chi connectivity index (χ2n) is 9.07. The molecule has 0 fully saturated rings. The van der Waals surface area contributed by atoms with E-state index in [2.05, 4.69) is 36.2 Å². The van der Waals surface area contributed by atoms with Gasteiger partial charge in [-0.2, -0.15) is 28.1 Å². The van der Waals surface area contributed by atoms with Crippen molar-refractivity contribution in [2.24, 2.45) is 0 Å². The molecule has 1 aromatic carbocycles. The van der Waals surface area contributed by atoms with E-state index < -0.39 is 18.8 Å². The van der Waals surface area contributed by atoms with Crippen LogP contribution in [0.1, 0.15) is 55.3 Å². The van der Waals surface area contributed by atoms with Gasteiger partial charge in [-0.05, 0) is 43.5 Å². The molecule has 3 amide bonds. The summed E-state index contributed by atoms with van der Waals surface area (Å²) in [6, 6.07) is 5.88. The van der Waals surface area contributed by atoms with Crippen LogP contribution in [0.2, 0.25) is 0 Å². The molecular weight excluding hydrogens is 517 g/mol. The number of hydrogen-bond acceptors (Lipinski definition) is 8. The third-order valence-electron chi connectivity index (χ3n) is 5.91. The summed E-state index contributed by atoms with van der Waals surface area (Å²) in [5, 5.41) is 11.5. The van der Waals surface area contributed by atoms with Crippen molar-refractivity contribution in [1.29, 1.82) is 0 Å². The molecule has 2 aromatic rings. The highest BCUT2D eigenvalue weighted by Gasteiger charge is 2.29. The Morgan fingerprint density at radius 2 is 1.56 bits per heavy atom. The number of alkyl halides is 3. The summed E-state index contributed by atoms with van der Waals surface area (Å²) in [6.07, 6.45) is 1.74. The maximum atomic E-state index is 12.7. The van der Waals surface area contributed by atoms with E-state index in [0.717, 1.165) is 38.5 Å². The first-order chi connectivity index (χ1) is 18.7. The minimum Gasteiger partial charge on any atom is -0.454 e. The average molecular weight is 553 g/mol. The molecule has 39 heavy (non-hydrogen) atoms. The molecule has 0 radical (unpaired) electrons. The van der Waals surface area contributed by atoms with Gasteiger partial charge in [-0.1, -0.05) is 25.7 Å². The van der Waals surface area contributed by atoms with Crippen LogP contribution in [-0.2, 0) is 0 Å². The topological polar surface area (TPSA) is 133 Å². The maximum absolute atomic E-state index is 12.7. The Morgan fingerprint density at radius 3 is 2.28 bits per heavy atom. The fraction of sp³-hybridized carbons (Fsp3) is 0.560. The van der Waals surface area contributed by atoms with Crippen molar-refractivity contribution in [2.75, 3.05) is 50.5 Å². The van der Waals surface area contributed by atoms with Gasteiger partial charge < -0.3 is 30.9 Å². The van der Waals surface area contributed by atoms with E-state index in [1.54, 1.807) is 36.2 Å². The Balaban J connectivity index is 1.71. The summed E-state index contributed by atoms with van der Waals surface area (Å²) < 4.78 is 42.7. The quantitative estimate of drug-likeness (QED) is 0.438. The normalized spacial score (nSPS) is 16.4. The molecule has 0 atom stereocenters. The van der Waals surface area contributed by atoms with E-state index in [1.165, 1.54) is 0 Å². The Bertz CT molecular complexity index is 1070. The van der Waals surface area contributed by atoms with Crippen LogP contribution in [0.4, 0.5) is 35.5 Å². The van der Waals surface area contributed by atoms with Gasteiger partial charge in [-0.25, -0.2) is 4.79 Å². The zero-order valence-electron chi connectivity index (χ0n) is 21.9. The molecule has 214 valence electrons. The number of nitrogens with one attached hydrogen (secondary N) is 4. The number of fused-ring (bicyclic) bond motifs is 16. The molecule has 0 saturated carbocycles. The first-order valence-corrected chi connectivity index (χ1v) is 13.0. The van der Waals surface area contributed by atoms with E-state index in [-0.39, 0.29) is 23.8 Å². The summed E-state index contributed by atoms with van der Waals surface area (Å²) in [4.78, 5) is 38.6. The molecular formula is C25H35F3N8O3. The second-order valence-corrected chi connectivity index (χ2v) is 9.07. The minimum atomic E-state index is -4.54. The number of ether oxygens (including phenoxy) is 1. The van der Waals surface area contributed by atoms with Gasteiger partial charge in [0, 0.05) is 44.5 Å². The number of nitrogens with zero attached hydrogens (tertiary/aromatic N) is 4. The lowest BCUT2D eigenvalue weighted by atomic mass is 10.1. The highest BCUT2D eigenvalue weighted by atomic mass is 19.4. The lowest BCUT2D eigenvalue weighted by Crippen LogP contribution is -2.40. The van der Waals surface area contributed by atoms with Gasteiger partial charge in [0.05, 0.1) is 0 Å². The fourth-order valence-corrected chi connectivity index (χ4v) is 3.92. The zero-order valence-corrected chi connectivity index (χ0v) is 21.9. The highest BCUT2D eigenvalue weighted by Crippen LogP contribution is 2.20. The Kier molecular flexibility index (Phi) is 11.4. The smallest absolute Gasteiger partial charge is 0.422 e. The van der Waals surface area contributed by atoms with E-state index >= 15 is 0 Å². The van der Waals surface area contributed by atoms with Gasteiger partial charge in [0.1, 0.15) is 0 Å². The first-order valence-electron chi connectivity index (χ1n) is 13.0. The van der Waals surface area contributed by atoms with Crippen molar-refractivity contribution in [3.05, 3.63) is 29.8 Å². The van der Waals surface area contributed by atoms with Crippen molar-refractivity contribution in [2.45, 2.75) is 51.1 Å². The van der Waals surface area contributed by atoms with Crippen LogP contribution in [0.5, 0.6) is 6.01 Å². The fourth-order valence-electron chi connectivity index (χ4n) is 3.92. The lowest BCUT2D eigenvalue weighted by molar-refractivity contribution is -0.154. The number of benzene rings is 1. The van der Waals surface area contributed by atoms with Crippen LogP contribution in [0.3, 0.4) is 0 Å². The van der Waals surface area contributed by atoms with E-state index in [9.17, 15) is 22.8 Å². The van der Waals surface area contributed by atoms with Crippen molar-refractivity contribution in [1.82, 2.24) is 30.5 Å². The van der Waals surface area contributed by atoms with Crippen LogP contribution in [-0.4, -0.2) is 77.8 Å². The molecule has 0 unspecified atom stereocenters. The molecule has 4 rings (SSSR count). The number of aromatic nitrogens is 3. The molecule has 2 aliphatic heterocycles. The molecule has 2 aliphatic rings. The van der Waals surface area contributed by atoms with Gasteiger partial charge in [0.15, 0.2) is 6.61 Å². The molecule has 0 saturated heterocycles. The Morgan fingerprint density at radius 1 is 0.923 bits per heavy atom. The number of rotatable bonds is 2. The predicted molar refractivity (Wildman–Crippen MR) is 140 cm³/mol. The second kappa shape index (κ2) is 14.9. The number of anilines is 3. The van der Waals surface area contributed by atoms with Crippen molar-refractivity contribution < 1.29 is 27.5 Å². The van der Waals surface area contributed by atoms with Gasteiger partial charge in [0.2, 0.25) is 11.9 Å². The standard InChI is InChI=1S/C25H35F3N8O3/c1-29-24(38)36-15-7-5-3-2-4-6-13-31-21-33-22(35-23(34-21)39-17-25(26,27)28)32-19-11-9-18(10-12-19)20(37)30-14-8-16-36/h9-12H,2-8,13-17H2,1H3,(H,29,38)(H,30,37)(H2,31,32,33,34,35). The number of urea groups is 1. The predicted octanol–water partition coefficient (Wildman–Crippen LogP) is 4.08. The monoisotopic (exact) mass is 552 g/mol. The van der Waals surface area contributed by atoms with Crippen molar-refractivity contribution >= 4 is 29.5 Å². The lowest BCUT2D eigenvalue weighted by Gasteiger charge is -2.22. The molecule has 3 heterocycles. The SMILES string of the molecule is CNC(=O)N1CCCCCCCCNc2nc(nc(OCC(F)(F)F)n2)Nc2ccc(cc2)C(=O)NCCC1. The van der Waals surface area contributed by atoms with E-state index in [1.807, 2.05) is 0 Å². The number of halogens is 3. The summed E-state index contributed by atoms with van der Waals surface area (Å²) in [5.41, 5.74) is 0.944. The number of carbonyl (C=O) groups excluding carboxylic acids is 2. The summed E-state index contributed by atoms with van der Waals surface area (Å²) in [5.74, 6) is -0.171. The van der Waals surface area contributed by atoms with Crippen LogP contribution in [0.15, 0.2) is 24.3 Å². The average Bonchev–Trinajstić information content (AvgIpc) is 2.91. The molecule has 11 nitrogen and oxygen atoms in total. The summed E-state index contributed by atoms with van der Waals surface area (Å²) in [7, 11) is 1.61. The van der Waals surface area contributed by atoms with Gasteiger partial charge in [-0.15, -0.1) is 0 Å². The molecule has 14 heteroatoms. The molecule has 0 spiro atoms. The maximum Gasteiger partial charge on any atom is 0.422 e. The van der Waals surface area contributed by atoms with Crippen LogP contribution >= 0.6 is 0 Å². The third-order valence-corrected chi connectivity index (χ3v) is 5.91. The van der Waals surface area contributed by atoms with Crippen molar-refractivity contribution in [3.63, 3.8) is 0 Å². The molecule has 0 aliphatic carbocycles. The van der Waals surface area contributed by atoms with Crippen LogP contribution in [0.25, 0.3) is 0 Å². The zero-order chi connectivity index (χ0) is 28.1. The minimum absolute atomic E-state index is 0.000869. The van der Waals surface area contributed by atoms with E-state index in [4.69, 9.17) is 4.74 Å². The van der Waals surface area contributed by atoms with Gasteiger partial charge in [-0.3, -0.25) is 4.79 Å². The largest absolute Gasteiger partial charge is 0.454 e. The Labute approximate surface area is 225 Å². The summed E-state index contributed by atoms with van der Waals surface area (Å²) in [6.45, 7) is 0.588. The molecule has 4 N–H and O–H groups in total. The van der Waals surface area contributed by atoms with Gasteiger partial charge >= 0.3 is 18.2 Å². The van der Waals surface area contributed by atoms with E-state index in [0.29, 0.717) is 43.9 Å². The number of hydrogen-bond donors (Lipinski definition) is 4. The third kappa shape index (κ3) is 10.8. The van der Waals surface area contributed by atoms with Crippen LogP contribution in [0, 0.1) is 0 Å². The first kappa shape index (κ1) is 29.7. The number of amides is 3. The number of carbonyl (C=O) groups is 2.